The van der Waals surface area contributed by atoms with E-state index >= 15 is 0 Å². The number of halogens is 1. The van der Waals surface area contributed by atoms with Gasteiger partial charge in [-0.2, -0.15) is 4.31 Å². The highest BCUT2D eigenvalue weighted by molar-refractivity contribution is 9.10. The van der Waals surface area contributed by atoms with Gasteiger partial charge in [0.2, 0.25) is 10.0 Å². The second kappa shape index (κ2) is 7.65. The molecule has 3 rings (SSSR count). The van der Waals surface area contributed by atoms with Crippen molar-refractivity contribution in [3.05, 3.63) is 58.3 Å². The second-order valence-electron chi connectivity index (χ2n) is 6.71. The largest absolute Gasteiger partial charge is 0.345 e. The standard InChI is InChI=1S/C19H21BrN4O3S/c1-22(2)19(25)13-5-10-17-16(11-13)21-18(24(17)4)12-23(3)28(26,27)15-8-6-14(20)7-9-15/h5-11H,12H2,1-4H3. The van der Waals surface area contributed by atoms with Gasteiger partial charge in [-0.3, -0.25) is 4.79 Å². The predicted molar refractivity (Wildman–Crippen MR) is 112 cm³/mol. The number of carbonyl (C=O) groups excluding carboxylic acids is 1. The third-order valence-corrected chi connectivity index (χ3v) is 6.86. The number of aryl methyl sites for hydroxylation is 1. The average molecular weight is 465 g/mol. The van der Waals surface area contributed by atoms with Crippen LogP contribution in [0.5, 0.6) is 0 Å². The zero-order valence-electron chi connectivity index (χ0n) is 16.0. The van der Waals surface area contributed by atoms with E-state index in [1.165, 1.54) is 16.3 Å². The summed E-state index contributed by atoms with van der Waals surface area (Å²) in [5.74, 6) is 0.483. The minimum absolute atomic E-state index is 0.107. The third kappa shape index (κ3) is 3.82. The van der Waals surface area contributed by atoms with Gasteiger partial charge >= 0.3 is 0 Å². The van der Waals surface area contributed by atoms with Crippen LogP contribution in [0.2, 0.25) is 0 Å². The van der Waals surface area contributed by atoms with Gasteiger partial charge in [0.05, 0.1) is 22.5 Å². The van der Waals surface area contributed by atoms with E-state index in [0.29, 0.717) is 16.9 Å². The molecular formula is C19H21BrN4O3S. The molecule has 0 aliphatic carbocycles. The fourth-order valence-corrected chi connectivity index (χ4v) is 4.24. The molecule has 1 aromatic heterocycles. The summed E-state index contributed by atoms with van der Waals surface area (Å²) >= 11 is 3.31. The normalized spacial score (nSPS) is 11.9. The SMILES string of the molecule is CN(C)C(=O)c1ccc2c(c1)nc(CN(C)S(=O)(=O)c1ccc(Br)cc1)n2C. The first-order chi connectivity index (χ1) is 13.1. The van der Waals surface area contributed by atoms with Crippen molar-refractivity contribution < 1.29 is 13.2 Å². The highest BCUT2D eigenvalue weighted by Crippen LogP contribution is 2.22. The Kier molecular flexibility index (Phi) is 5.60. The van der Waals surface area contributed by atoms with Crippen LogP contribution in [0.15, 0.2) is 51.8 Å². The van der Waals surface area contributed by atoms with Crippen LogP contribution in [0.4, 0.5) is 0 Å². The number of aromatic nitrogens is 2. The molecule has 0 bridgehead atoms. The molecule has 0 spiro atoms. The molecule has 1 amide bonds. The lowest BCUT2D eigenvalue weighted by Crippen LogP contribution is -2.27. The van der Waals surface area contributed by atoms with E-state index < -0.39 is 10.0 Å². The highest BCUT2D eigenvalue weighted by atomic mass is 79.9. The van der Waals surface area contributed by atoms with E-state index in [0.717, 1.165) is 9.99 Å². The molecule has 0 aliphatic rings. The molecule has 148 valence electrons. The van der Waals surface area contributed by atoms with Gasteiger partial charge in [0.1, 0.15) is 5.82 Å². The molecule has 9 heteroatoms. The lowest BCUT2D eigenvalue weighted by Gasteiger charge is -2.17. The van der Waals surface area contributed by atoms with Crippen molar-refractivity contribution in [3.63, 3.8) is 0 Å². The Hall–Kier alpha value is -2.23. The Bertz CT molecular complexity index is 1140. The van der Waals surface area contributed by atoms with Crippen LogP contribution in [0.3, 0.4) is 0 Å². The van der Waals surface area contributed by atoms with Gasteiger partial charge in [0.15, 0.2) is 0 Å². The molecule has 0 radical (unpaired) electrons. The zero-order chi connectivity index (χ0) is 20.6. The fraction of sp³-hybridized carbons (Fsp3) is 0.263. The summed E-state index contributed by atoms with van der Waals surface area (Å²) in [5.41, 5.74) is 2.03. The van der Waals surface area contributed by atoms with Crippen molar-refractivity contribution >= 4 is 42.9 Å². The van der Waals surface area contributed by atoms with E-state index in [9.17, 15) is 13.2 Å². The molecule has 0 atom stereocenters. The highest BCUT2D eigenvalue weighted by Gasteiger charge is 2.23. The molecule has 0 saturated carbocycles. The molecule has 3 aromatic rings. The van der Waals surface area contributed by atoms with Crippen LogP contribution in [0, 0.1) is 0 Å². The summed E-state index contributed by atoms with van der Waals surface area (Å²) < 4.78 is 29.6. The van der Waals surface area contributed by atoms with Gasteiger partial charge in [-0.25, -0.2) is 13.4 Å². The summed E-state index contributed by atoms with van der Waals surface area (Å²) in [6, 6.07) is 11.8. The van der Waals surface area contributed by atoms with E-state index in [1.54, 1.807) is 50.5 Å². The van der Waals surface area contributed by atoms with E-state index in [4.69, 9.17) is 0 Å². The van der Waals surface area contributed by atoms with Gasteiger partial charge in [-0.15, -0.1) is 0 Å². The third-order valence-electron chi connectivity index (χ3n) is 4.51. The number of fused-ring (bicyclic) bond motifs is 1. The van der Waals surface area contributed by atoms with Gasteiger partial charge < -0.3 is 9.47 Å². The lowest BCUT2D eigenvalue weighted by atomic mass is 10.2. The van der Waals surface area contributed by atoms with Gasteiger partial charge in [0, 0.05) is 38.2 Å². The Morgan fingerprint density at radius 3 is 2.36 bits per heavy atom. The first-order valence-electron chi connectivity index (χ1n) is 8.50. The second-order valence-corrected chi connectivity index (χ2v) is 9.67. The number of nitrogens with zero attached hydrogens (tertiary/aromatic N) is 4. The lowest BCUT2D eigenvalue weighted by molar-refractivity contribution is 0.0827. The Labute approximate surface area is 172 Å². The Balaban J connectivity index is 1.92. The van der Waals surface area contributed by atoms with Crippen molar-refractivity contribution in [2.24, 2.45) is 7.05 Å². The van der Waals surface area contributed by atoms with Crippen LogP contribution in [-0.4, -0.2) is 54.2 Å². The maximum Gasteiger partial charge on any atom is 0.253 e. The van der Waals surface area contributed by atoms with Crippen LogP contribution in [0.25, 0.3) is 11.0 Å². The molecule has 0 saturated heterocycles. The smallest absolute Gasteiger partial charge is 0.253 e. The number of amides is 1. The molecular weight excluding hydrogens is 444 g/mol. The van der Waals surface area contributed by atoms with Gasteiger partial charge in [-0.1, -0.05) is 15.9 Å². The quantitative estimate of drug-likeness (QED) is 0.581. The molecule has 7 nitrogen and oxygen atoms in total. The molecule has 2 aromatic carbocycles. The zero-order valence-corrected chi connectivity index (χ0v) is 18.5. The van der Waals surface area contributed by atoms with Crippen molar-refractivity contribution in [3.8, 4) is 0 Å². The van der Waals surface area contributed by atoms with E-state index in [-0.39, 0.29) is 17.3 Å². The van der Waals surface area contributed by atoms with Crippen LogP contribution in [0.1, 0.15) is 16.2 Å². The minimum atomic E-state index is -3.64. The fourth-order valence-electron chi connectivity index (χ4n) is 2.85. The van der Waals surface area contributed by atoms with Crippen molar-refractivity contribution in [1.82, 2.24) is 18.8 Å². The van der Waals surface area contributed by atoms with Crippen molar-refractivity contribution in [2.75, 3.05) is 21.1 Å². The molecule has 28 heavy (non-hydrogen) atoms. The maximum absolute atomic E-state index is 12.8. The van der Waals surface area contributed by atoms with Crippen LogP contribution in [-0.2, 0) is 23.6 Å². The topological polar surface area (TPSA) is 75.5 Å². The van der Waals surface area contributed by atoms with Crippen LogP contribution >= 0.6 is 15.9 Å². The Morgan fingerprint density at radius 2 is 1.75 bits per heavy atom. The van der Waals surface area contributed by atoms with Crippen molar-refractivity contribution in [1.29, 1.82) is 0 Å². The summed E-state index contributed by atoms with van der Waals surface area (Å²) in [6.45, 7) is 0.112. The number of rotatable bonds is 5. The molecule has 0 fully saturated rings. The Morgan fingerprint density at radius 1 is 1.11 bits per heavy atom. The van der Waals surface area contributed by atoms with Gasteiger partial charge in [0.25, 0.3) is 5.91 Å². The minimum Gasteiger partial charge on any atom is -0.345 e. The van der Waals surface area contributed by atoms with Crippen LogP contribution < -0.4 is 0 Å². The van der Waals surface area contributed by atoms with Crippen molar-refractivity contribution in [2.45, 2.75) is 11.4 Å². The molecule has 0 aliphatic heterocycles. The summed E-state index contributed by atoms with van der Waals surface area (Å²) in [6.07, 6.45) is 0. The number of carbonyl (C=O) groups is 1. The number of hydrogen-bond donors (Lipinski definition) is 0. The molecule has 1 heterocycles. The van der Waals surface area contributed by atoms with E-state index in [2.05, 4.69) is 20.9 Å². The van der Waals surface area contributed by atoms with Gasteiger partial charge in [-0.05, 0) is 42.5 Å². The van der Waals surface area contributed by atoms with E-state index in [1.807, 2.05) is 17.7 Å². The maximum atomic E-state index is 12.8. The summed E-state index contributed by atoms with van der Waals surface area (Å²) in [4.78, 5) is 18.4. The molecule has 0 N–H and O–H groups in total. The molecule has 0 unspecified atom stereocenters. The number of hydrogen-bond acceptors (Lipinski definition) is 4. The monoisotopic (exact) mass is 464 g/mol. The first kappa shape index (κ1) is 20.5. The number of sulfonamides is 1. The summed E-state index contributed by atoms with van der Waals surface area (Å²) in [7, 11) is 3.10. The predicted octanol–water partition coefficient (Wildman–Crippen LogP) is 2.86. The summed E-state index contributed by atoms with van der Waals surface area (Å²) in [5, 5.41) is 0. The first-order valence-corrected chi connectivity index (χ1v) is 10.7. The number of benzene rings is 2. The average Bonchev–Trinajstić information content (AvgIpc) is 2.96. The number of imidazole rings is 1.